The Hall–Kier alpha value is -2.18. The first-order valence-electron chi connectivity index (χ1n) is 8.12. The fourth-order valence-electron chi connectivity index (χ4n) is 2.82. The number of hydrogen-bond donors (Lipinski definition) is 0. The van der Waals surface area contributed by atoms with Gasteiger partial charge in [-0.2, -0.15) is 4.98 Å². The van der Waals surface area contributed by atoms with E-state index < -0.39 is 0 Å². The molecule has 0 spiro atoms. The molecule has 2 aromatic heterocycles. The number of carbonyl (C=O) groups excluding carboxylic acids is 1. The van der Waals surface area contributed by atoms with E-state index in [0.29, 0.717) is 42.0 Å². The van der Waals surface area contributed by atoms with Crippen molar-refractivity contribution in [3.63, 3.8) is 0 Å². The van der Waals surface area contributed by atoms with Gasteiger partial charge in [-0.05, 0) is 19.8 Å². The predicted octanol–water partition coefficient (Wildman–Crippen LogP) is 3.03. The lowest BCUT2D eigenvalue weighted by Gasteiger charge is -2.20. The third-order valence-electron chi connectivity index (χ3n) is 4.11. The van der Waals surface area contributed by atoms with Crippen LogP contribution < -0.4 is 0 Å². The number of aromatic nitrogens is 3. The molecule has 0 unspecified atom stereocenters. The Morgan fingerprint density at radius 1 is 1.39 bits per heavy atom. The van der Waals surface area contributed by atoms with Crippen molar-refractivity contribution >= 4 is 5.91 Å². The number of nitrogens with zero attached hydrogens (tertiary/aromatic N) is 4. The van der Waals surface area contributed by atoms with Crippen molar-refractivity contribution < 1.29 is 13.7 Å². The monoisotopic (exact) mass is 318 g/mol. The van der Waals surface area contributed by atoms with Crippen LogP contribution in [-0.2, 0) is 6.42 Å². The molecular weight excluding hydrogens is 296 g/mol. The van der Waals surface area contributed by atoms with Gasteiger partial charge in [-0.15, -0.1) is 0 Å². The Labute approximate surface area is 135 Å². The maximum absolute atomic E-state index is 12.8. The van der Waals surface area contributed by atoms with E-state index >= 15 is 0 Å². The van der Waals surface area contributed by atoms with Crippen LogP contribution in [0.15, 0.2) is 8.94 Å². The van der Waals surface area contributed by atoms with Gasteiger partial charge < -0.3 is 13.8 Å². The van der Waals surface area contributed by atoms with Crippen molar-refractivity contribution in [3.05, 3.63) is 29.1 Å². The van der Waals surface area contributed by atoms with E-state index in [4.69, 9.17) is 8.94 Å². The molecule has 23 heavy (non-hydrogen) atoms. The summed E-state index contributed by atoms with van der Waals surface area (Å²) in [6.07, 6.45) is 2.39. The third-order valence-corrected chi connectivity index (χ3v) is 4.11. The number of hydrogen-bond acceptors (Lipinski definition) is 6. The summed E-state index contributed by atoms with van der Waals surface area (Å²) in [5.74, 6) is 2.12. The number of oxazole rings is 1. The average molecular weight is 318 g/mol. The summed E-state index contributed by atoms with van der Waals surface area (Å²) in [5, 5.41) is 4.00. The highest BCUT2D eigenvalue weighted by Crippen LogP contribution is 2.33. The van der Waals surface area contributed by atoms with Crippen molar-refractivity contribution in [1.82, 2.24) is 20.0 Å². The van der Waals surface area contributed by atoms with Crippen LogP contribution >= 0.6 is 0 Å². The second-order valence-electron chi connectivity index (χ2n) is 6.18. The molecule has 0 N–H and O–H groups in total. The smallest absolute Gasteiger partial charge is 0.292 e. The van der Waals surface area contributed by atoms with Gasteiger partial charge >= 0.3 is 0 Å². The molecule has 0 bridgehead atoms. The number of carbonyl (C=O) groups is 1. The largest absolute Gasteiger partial charge is 0.435 e. The molecule has 124 valence electrons. The molecule has 0 aromatic carbocycles. The highest BCUT2D eigenvalue weighted by molar-refractivity contribution is 5.92. The SMILES string of the molecule is CCc1nc(C)c(C(=O)N2CCC[C@H]2c2nc(C(C)C)no2)o1. The summed E-state index contributed by atoms with van der Waals surface area (Å²) >= 11 is 0. The van der Waals surface area contributed by atoms with Crippen LogP contribution in [0.25, 0.3) is 0 Å². The summed E-state index contributed by atoms with van der Waals surface area (Å²) in [6, 6.07) is -0.183. The minimum atomic E-state index is -0.183. The van der Waals surface area contributed by atoms with Gasteiger partial charge in [-0.3, -0.25) is 4.79 Å². The van der Waals surface area contributed by atoms with Crippen molar-refractivity contribution in [2.24, 2.45) is 0 Å². The van der Waals surface area contributed by atoms with Gasteiger partial charge in [0.1, 0.15) is 6.04 Å². The zero-order chi connectivity index (χ0) is 16.6. The van der Waals surface area contributed by atoms with Crippen molar-refractivity contribution in [2.45, 2.75) is 58.9 Å². The molecule has 0 saturated carbocycles. The fraction of sp³-hybridized carbons (Fsp3) is 0.625. The average Bonchev–Trinajstić information content (AvgIpc) is 3.24. The molecular formula is C16H22N4O3. The molecule has 3 rings (SSSR count). The van der Waals surface area contributed by atoms with E-state index in [1.54, 1.807) is 11.8 Å². The first-order chi connectivity index (χ1) is 11.0. The van der Waals surface area contributed by atoms with Gasteiger partial charge in [0.05, 0.1) is 5.69 Å². The van der Waals surface area contributed by atoms with E-state index in [-0.39, 0.29) is 17.9 Å². The quantitative estimate of drug-likeness (QED) is 0.861. The fourth-order valence-corrected chi connectivity index (χ4v) is 2.82. The number of likely N-dealkylation sites (tertiary alicyclic amines) is 1. The maximum atomic E-state index is 12.8. The Bertz CT molecular complexity index is 704. The summed E-state index contributed by atoms with van der Waals surface area (Å²) in [5.41, 5.74) is 0.630. The van der Waals surface area contributed by atoms with E-state index in [9.17, 15) is 4.79 Å². The molecule has 0 aliphatic carbocycles. The van der Waals surface area contributed by atoms with Gasteiger partial charge in [0, 0.05) is 18.9 Å². The van der Waals surface area contributed by atoms with Crippen molar-refractivity contribution in [1.29, 1.82) is 0 Å². The number of amides is 1. The first kappa shape index (κ1) is 15.7. The molecule has 2 aromatic rings. The molecule has 1 amide bonds. The van der Waals surface area contributed by atoms with Crippen molar-refractivity contribution in [2.75, 3.05) is 6.54 Å². The molecule has 3 heterocycles. The molecule has 1 atom stereocenters. The first-order valence-corrected chi connectivity index (χ1v) is 8.12. The second kappa shape index (κ2) is 6.14. The van der Waals surface area contributed by atoms with Gasteiger partial charge in [0.25, 0.3) is 5.91 Å². The molecule has 1 aliphatic rings. The van der Waals surface area contributed by atoms with E-state index in [1.807, 2.05) is 20.8 Å². The molecule has 1 aliphatic heterocycles. The van der Waals surface area contributed by atoms with E-state index in [2.05, 4.69) is 15.1 Å². The maximum Gasteiger partial charge on any atom is 0.292 e. The van der Waals surface area contributed by atoms with Gasteiger partial charge in [0.15, 0.2) is 11.7 Å². The highest BCUT2D eigenvalue weighted by Gasteiger charge is 2.36. The van der Waals surface area contributed by atoms with E-state index in [0.717, 1.165) is 12.8 Å². The predicted molar refractivity (Wildman–Crippen MR) is 82.0 cm³/mol. The van der Waals surface area contributed by atoms with Crippen LogP contribution in [0, 0.1) is 6.92 Å². The van der Waals surface area contributed by atoms with Crippen LogP contribution in [-0.4, -0.2) is 32.5 Å². The Balaban J connectivity index is 1.85. The van der Waals surface area contributed by atoms with Crippen LogP contribution in [0.3, 0.4) is 0 Å². The lowest BCUT2D eigenvalue weighted by atomic mass is 10.2. The van der Waals surface area contributed by atoms with Crippen LogP contribution in [0.4, 0.5) is 0 Å². The second-order valence-corrected chi connectivity index (χ2v) is 6.18. The summed E-state index contributed by atoms with van der Waals surface area (Å²) < 4.78 is 11.0. The minimum Gasteiger partial charge on any atom is -0.435 e. The summed E-state index contributed by atoms with van der Waals surface area (Å²) in [6.45, 7) is 8.42. The zero-order valence-electron chi connectivity index (χ0n) is 14.0. The molecule has 1 saturated heterocycles. The van der Waals surface area contributed by atoms with Crippen molar-refractivity contribution in [3.8, 4) is 0 Å². The van der Waals surface area contributed by atoms with Crippen LogP contribution in [0.1, 0.15) is 79.4 Å². The molecule has 7 nitrogen and oxygen atoms in total. The molecule has 7 heteroatoms. The van der Waals surface area contributed by atoms with Gasteiger partial charge in [0.2, 0.25) is 11.7 Å². The van der Waals surface area contributed by atoms with Crippen LogP contribution in [0.2, 0.25) is 0 Å². The standard InChI is InChI=1S/C16H22N4O3/c1-5-12-17-10(4)13(22-12)16(21)20-8-6-7-11(20)15-18-14(9(2)3)19-23-15/h9,11H,5-8H2,1-4H3/t11-/m0/s1. The molecule has 0 radical (unpaired) electrons. The minimum absolute atomic E-state index is 0.151. The normalized spacial score (nSPS) is 18.1. The van der Waals surface area contributed by atoms with Gasteiger partial charge in [-0.1, -0.05) is 25.9 Å². The zero-order valence-corrected chi connectivity index (χ0v) is 14.0. The summed E-state index contributed by atoms with van der Waals surface area (Å²) in [7, 11) is 0. The third kappa shape index (κ3) is 2.87. The summed E-state index contributed by atoms with van der Waals surface area (Å²) in [4.78, 5) is 23.3. The highest BCUT2D eigenvalue weighted by atomic mass is 16.5. The topological polar surface area (TPSA) is 85.3 Å². The lowest BCUT2D eigenvalue weighted by Crippen LogP contribution is -2.31. The van der Waals surface area contributed by atoms with Gasteiger partial charge in [-0.25, -0.2) is 4.98 Å². The number of aryl methyl sites for hydroxylation is 2. The number of rotatable bonds is 4. The molecule has 1 fully saturated rings. The Kier molecular flexibility index (Phi) is 4.19. The lowest BCUT2D eigenvalue weighted by molar-refractivity contribution is 0.0675. The Morgan fingerprint density at radius 3 is 2.78 bits per heavy atom. The van der Waals surface area contributed by atoms with E-state index in [1.165, 1.54) is 0 Å². The Morgan fingerprint density at radius 2 is 2.17 bits per heavy atom. The van der Waals surface area contributed by atoms with Crippen LogP contribution in [0.5, 0.6) is 0 Å².